The molecule has 0 saturated heterocycles. The van der Waals surface area contributed by atoms with Crippen LogP contribution in [0.5, 0.6) is 0 Å². The summed E-state index contributed by atoms with van der Waals surface area (Å²) < 4.78 is 5.94. The maximum atomic E-state index is 10.7. The van der Waals surface area contributed by atoms with Crippen molar-refractivity contribution >= 4 is 44.9 Å². The van der Waals surface area contributed by atoms with Crippen LogP contribution < -0.4 is 10.6 Å². The highest BCUT2D eigenvalue weighted by molar-refractivity contribution is 9.10. The van der Waals surface area contributed by atoms with Crippen molar-refractivity contribution in [3.63, 3.8) is 0 Å². The number of hydrogen-bond acceptors (Lipinski definition) is 5. The molecular weight excluding hydrogens is 406 g/mol. The quantitative estimate of drug-likeness (QED) is 0.694. The van der Waals surface area contributed by atoms with Crippen LogP contribution in [0.2, 0.25) is 0 Å². The third-order valence-corrected chi connectivity index (χ3v) is 3.79. The summed E-state index contributed by atoms with van der Waals surface area (Å²) in [6, 6.07) is 7.87. The standard InChI is InChI=1S/C10H7BrN2OS.C7H15NO2/c11-8-3-1-2-7(4-8)9-5-15-10(13-9)12-6-14;1-5-8-6(9)10-7(2,3)4/h1-6H,(H,12,13,14);5H2,1-4H3,(H,8,9). The zero-order chi connectivity index (χ0) is 18.9. The van der Waals surface area contributed by atoms with Gasteiger partial charge in [0, 0.05) is 22.0 Å². The van der Waals surface area contributed by atoms with Crippen LogP contribution in [-0.2, 0) is 9.53 Å². The molecule has 2 N–H and O–H groups in total. The van der Waals surface area contributed by atoms with E-state index >= 15 is 0 Å². The number of rotatable bonds is 4. The van der Waals surface area contributed by atoms with Crippen molar-refractivity contribution in [2.75, 3.05) is 11.9 Å². The van der Waals surface area contributed by atoms with Crippen LogP contribution in [0, 0.1) is 0 Å². The molecule has 8 heteroatoms. The number of ether oxygens (including phenoxy) is 1. The number of amides is 2. The van der Waals surface area contributed by atoms with Crippen LogP contribution in [0.4, 0.5) is 9.93 Å². The molecular formula is C17H22BrN3O3S. The third kappa shape index (κ3) is 8.64. The molecule has 6 nitrogen and oxygen atoms in total. The van der Waals surface area contributed by atoms with E-state index in [9.17, 15) is 9.59 Å². The maximum absolute atomic E-state index is 10.7. The van der Waals surface area contributed by atoms with Gasteiger partial charge in [-0.1, -0.05) is 28.1 Å². The first-order valence-corrected chi connectivity index (χ1v) is 9.31. The second-order valence-corrected chi connectivity index (χ2v) is 7.62. The molecule has 2 rings (SSSR count). The fourth-order valence-corrected chi connectivity index (χ4v) is 2.71. The first-order valence-electron chi connectivity index (χ1n) is 7.63. The molecule has 1 aromatic heterocycles. The van der Waals surface area contributed by atoms with E-state index in [-0.39, 0.29) is 11.7 Å². The highest BCUT2D eigenvalue weighted by atomic mass is 79.9. The highest BCUT2D eigenvalue weighted by Crippen LogP contribution is 2.26. The summed E-state index contributed by atoms with van der Waals surface area (Å²) in [6.07, 6.45) is 0.277. The van der Waals surface area contributed by atoms with E-state index < -0.39 is 0 Å². The van der Waals surface area contributed by atoms with Crippen LogP contribution in [0.3, 0.4) is 0 Å². The van der Waals surface area contributed by atoms with Crippen LogP contribution >= 0.6 is 27.3 Å². The van der Waals surface area contributed by atoms with E-state index in [2.05, 4.69) is 31.5 Å². The third-order valence-electron chi connectivity index (χ3n) is 2.53. The minimum absolute atomic E-state index is 0.352. The van der Waals surface area contributed by atoms with Gasteiger partial charge in [-0.15, -0.1) is 11.3 Å². The van der Waals surface area contributed by atoms with Gasteiger partial charge in [0.25, 0.3) is 0 Å². The molecule has 25 heavy (non-hydrogen) atoms. The Labute approximate surface area is 160 Å². The number of aromatic nitrogens is 1. The van der Waals surface area contributed by atoms with Gasteiger partial charge in [-0.2, -0.15) is 0 Å². The molecule has 0 unspecified atom stereocenters. The molecule has 0 fully saturated rings. The predicted molar refractivity (Wildman–Crippen MR) is 105 cm³/mol. The van der Waals surface area contributed by atoms with Crippen molar-refractivity contribution in [1.82, 2.24) is 10.3 Å². The number of anilines is 1. The number of thiazole rings is 1. The van der Waals surface area contributed by atoms with E-state index in [1.165, 1.54) is 11.3 Å². The molecule has 0 aliphatic carbocycles. The van der Waals surface area contributed by atoms with Gasteiger partial charge in [-0.25, -0.2) is 9.78 Å². The summed E-state index contributed by atoms with van der Waals surface area (Å²) in [7, 11) is 0. The van der Waals surface area contributed by atoms with E-state index in [0.717, 1.165) is 15.7 Å². The van der Waals surface area contributed by atoms with Crippen LogP contribution in [-0.4, -0.2) is 29.6 Å². The number of nitrogens with zero attached hydrogens (tertiary/aromatic N) is 1. The number of halogens is 1. The molecule has 1 heterocycles. The Morgan fingerprint density at radius 1 is 1.40 bits per heavy atom. The Morgan fingerprint density at radius 2 is 2.12 bits per heavy atom. The van der Waals surface area contributed by atoms with Gasteiger partial charge in [0.2, 0.25) is 6.41 Å². The molecule has 0 saturated carbocycles. The lowest BCUT2D eigenvalue weighted by molar-refractivity contribution is -0.105. The molecule has 2 amide bonds. The number of benzene rings is 1. The first-order chi connectivity index (χ1) is 11.7. The Morgan fingerprint density at radius 3 is 2.68 bits per heavy atom. The monoisotopic (exact) mass is 427 g/mol. The number of hydrogen-bond donors (Lipinski definition) is 2. The van der Waals surface area contributed by atoms with Crippen molar-refractivity contribution in [1.29, 1.82) is 0 Å². The van der Waals surface area contributed by atoms with Crippen molar-refractivity contribution in [2.24, 2.45) is 0 Å². The largest absolute Gasteiger partial charge is 0.444 e. The van der Waals surface area contributed by atoms with Gasteiger partial charge in [-0.05, 0) is 39.8 Å². The van der Waals surface area contributed by atoms with E-state index in [1.807, 2.05) is 57.3 Å². The van der Waals surface area contributed by atoms with Crippen LogP contribution in [0.25, 0.3) is 11.3 Å². The summed E-state index contributed by atoms with van der Waals surface area (Å²) >= 11 is 4.81. The van der Waals surface area contributed by atoms with Crippen molar-refractivity contribution in [3.05, 3.63) is 34.1 Å². The van der Waals surface area contributed by atoms with E-state index in [1.54, 1.807) is 0 Å². The van der Waals surface area contributed by atoms with E-state index in [0.29, 0.717) is 18.1 Å². The average Bonchev–Trinajstić information content (AvgIpc) is 2.95. The summed E-state index contributed by atoms with van der Waals surface area (Å²) in [6.45, 7) is 7.96. The fraction of sp³-hybridized carbons (Fsp3) is 0.353. The molecule has 0 spiro atoms. The summed E-state index contributed by atoms with van der Waals surface area (Å²) in [5, 5.41) is 7.59. The van der Waals surface area contributed by atoms with Crippen LogP contribution in [0.15, 0.2) is 34.1 Å². The van der Waals surface area contributed by atoms with Gasteiger partial charge in [0.05, 0.1) is 5.69 Å². The second kappa shape index (κ2) is 10.1. The molecule has 0 atom stereocenters. The minimum atomic E-state index is -0.390. The van der Waals surface area contributed by atoms with E-state index in [4.69, 9.17) is 4.74 Å². The number of alkyl carbamates (subject to hydrolysis) is 1. The van der Waals surface area contributed by atoms with Gasteiger partial charge < -0.3 is 15.4 Å². The van der Waals surface area contributed by atoms with Crippen LogP contribution in [0.1, 0.15) is 27.7 Å². The molecule has 2 aromatic rings. The van der Waals surface area contributed by atoms with Gasteiger partial charge in [0.15, 0.2) is 5.13 Å². The SMILES string of the molecule is CCNC(=O)OC(C)(C)C.O=CNc1nc(-c2cccc(Br)c2)cs1. The zero-order valence-electron chi connectivity index (χ0n) is 14.6. The number of carbonyl (C=O) groups excluding carboxylic acids is 2. The maximum Gasteiger partial charge on any atom is 0.407 e. The van der Waals surface area contributed by atoms with Gasteiger partial charge in [0.1, 0.15) is 5.60 Å². The molecule has 1 aromatic carbocycles. The second-order valence-electron chi connectivity index (χ2n) is 5.84. The predicted octanol–water partition coefficient (Wildman–Crippen LogP) is 4.67. The molecule has 136 valence electrons. The summed E-state index contributed by atoms with van der Waals surface area (Å²) in [5.74, 6) is 0. The average molecular weight is 428 g/mol. The van der Waals surface area contributed by atoms with Gasteiger partial charge in [-0.3, -0.25) is 4.79 Å². The number of carbonyl (C=O) groups is 2. The minimum Gasteiger partial charge on any atom is -0.444 e. The van der Waals surface area contributed by atoms with Gasteiger partial charge >= 0.3 is 6.09 Å². The lowest BCUT2D eigenvalue weighted by Gasteiger charge is -2.19. The molecule has 0 radical (unpaired) electrons. The lowest BCUT2D eigenvalue weighted by atomic mass is 10.2. The zero-order valence-corrected chi connectivity index (χ0v) is 17.0. The van der Waals surface area contributed by atoms with Crippen molar-refractivity contribution in [3.8, 4) is 11.3 Å². The first kappa shape index (κ1) is 21.1. The smallest absolute Gasteiger partial charge is 0.407 e. The normalized spacial score (nSPS) is 10.3. The molecule has 0 aliphatic rings. The fourth-order valence-electron chi connectivity index (χ4n) is 1.63. The Hall–Kier alpha value is -1.93. The Balaban J connectivity index is 0.000000275. The Bertz CT molecular complexity index is 698. The summed E-state index contributed by atoms with van der Waals surface area (Å²) in [5.41, 5.74) is 1.50. The molecule has 0 bridgehead atoms. The lowest BCUT2D eigenvalue weighted by Crippen LogP contribution is -2.32. The topological polar surface area (TPSA) is 80.3 Å². The van der Waals surface area contributed by atoms with Crippen molar-refractivity contribution < 1.29 is 14.3 Å². The molecule has 0 aliphatic heterocycles. The van der Waals surface area contributed by atoms with Crippen molar-refractivity contribution in [2.45, 2.75) is 33.3 Å². The number of nitrogens with one attached hydrogen (secondary N) is 2. The Kier molecular flexibility index (Phi) is 8.57. The summed E-state index contributed by atoms with van der Waals surface area (Å²) in [4.78, 5) is 25.2. The highest BCUT2D eigenvalue weighted by Gasteiger charge is 2.14.